The first kappa shape index (κ1) is 38.9. The van der Waals surface area contributed by atoms with Gasteiger partial charge in [0.2, 0.25) is 0 Å². The van der Waals surface area contributed by atoms with Gasteiger partial charge in [-0.2, -0.15) is 0 Å². The molecule has 0 radical (unpaired) electrons. The lowest BCUT2D eigenvalue weighted by Crippen LogP contribution is -2.26. The Labute approximate surface area is 405 Å². The standard InChI is InChI=1S/C67H42N2O/c1-2-18-45(19-3-1)68-61-33-14-8-23-50(61)55-42-44(38-41-62(55)68)43-36-39-46(40-37-43)69(60-32-13-7-22-49(60)52-26-16-27-53-51-24-9-15-35-64(51)70-66(52)53)63-34-17-31-59-65(63)54-25-6-12-30-58(54)67(59)56-28-10-4-20-47(56)48-21-5-11-29-57(48)67/h1-42H. The molecular formula is C67H42N2O. The molecule has 0 N–H and O–H groups in total. The lowest BCUT2D eigenvalue weighted by molar-refractivity contribution is 0.670. The first-order valence-electron chi connectivity index (χ1n) is 24.2. The second-order valence-electron chi connectivity index (χ2n) is 18.7. The van der Waals surface area contributed by atoms with Crippen LogP contribution in [0.15, 0.2) is 259 Å². The topological polar surface area (TPSA) is 21.3 Å². The summed E-state index contributed by atoms with van der Waals surface area (Å²) in [7, 11) is 0. The minimum absolute atomic E-state index is 0.480. The molecule has 3 heteroatoms. The van der Waals surface area contributed by atoms with E-state index in [1.165, 1.54) is 71.9 Å². The Morgan fingerprint density at radius 1 is 0.343 bits per heavy atom. The van der Waals surface area contributed by atoms with E-state index >= 15 is 0 Å². The molecule has 2 heterocycles. The zero-order valence-corrected chi connectivity index (χ0v) is 38.1. The summed E-state index contributed by atoms with van der Waals surface area (Å²) in [5.41, 5.74) is 22.9. The fourth-order valence-electron chi connectivity index (χ4n) is 12.4. The van der Waals surface area contributed by atoms with Crippen molar-refractivity contribution >= 4 is 60.8 Å². The van der Waals surface area contributed by atoms with Crippen LogP contribution in [0.25, 0.3) is 93.9 Å². The van der Waals surface area contributed by atoms with Gasteiger partial charge < -0.3 is 13.9 Å². The Morgan fingerprint density at radius 3 is 1.67 bits per heavy atom. The zero-order chi connectivity index (χ0) is 45.9. The fraction of sp³-hybridized carbons (Fsp3) is 0.0149. The van der Waals surface area contributed by atoms with Crippen LogP contribution in [-0.4, -0.2) is 4.57 Å². The first-order valence-corrected chi connectivity index (χ1v) is 24.2. The molecular weight excluding hydrogens is 849 g/mol. The Bertz CT molecular complexity index is 4200. The van der Waals surface area contributed by atoms with E-state index < -0.39 is 5.41 Å². The summed E-state index contributed by atoms with van der Waals surface area (Å²) in [5.74, 6) is 0. The maximum atomic E-state index is 6.76. The molecule has 3 nitrogen and oxygen atoms in total. The van der Waals surface area contributed by atoms with Gasteiger partial charge in [-0.05, 0) is 111 Å². The third-order valence-electron chi connectivity index (χ3n) is 15.2. The van der Waals surface area contributed by atoms with E-state index in [1.807, 2.05) is 6.07 Å². The van der Waals surface area contributed by atoms with Crippen molar-refractivity contribution in [3.63, 3.8) is 0 Å². The molecule has 0 fully saturated rings. The van der Waals surface area contributed by atoms with Crippen molar-refractivity contribution in [3.05, 3.63) is 277 Å². The smallest absolute Gasteiger partial charge is 0.143 e. The van der Waals surface area contributed by atoms with Crippen LogP contribution in [0, 0.1) is 0 Å². The number of benzene rings is 11. The van der Waals surface area contributed by atoms with Crippen LogP contribution in [0.5, 0.6) is 0 Å². The van der Waals surface area contributed by atoms with E-state index in [4.69, 9.17) is 4.42 Å². The number of furan rings is 1. The minimum atomic E-state index is -0.480. The van der Waals surface area contributed by atoms with Crippen molar-refractivity contribution in [2.24, 2.45) is 0 Å². The highest BCUT2D eigenvalue weighted by Gasteiger charge is 2.52. The number of para-hydroxylation sites is 5. The Hall–Kier alpha value is -9.18. The molecule has 0 unspecified atom stereocenters. The summed E-state index contributed by atoms with van der Waals surface area (Å²) in [6, 6.07) is 93.5. The van der Waals surface area contributed by atoms with Crippen LogP contribution in [0.3, 0.4) is 0 Å². The van der Waals surface area contributed by atoms with Gasteiger partial charge >= 0.3 is 0 Å². The van der Waals surface area contributed by atoms with E-state index in [2.05, 4.69) is 258 Å². The monoisotopic (exact) mass is 890 g/mol. The fourth-order valence-corrected chi connectivity index (χ4v) is 12.4. The molecule has 13 aromatic rings. The van der Waals surface area contributed by atoms with Gasteiger partial charge in [-0.25, -0.2) is 0 Å². The molecule has 326 valence electrons. The molecule has 15 rings (SSSR count). The molecule has 0 amide bonds. The maximum absolute atomic E-state index is 6.76. The quantitative estimate of drug-likeness (QED) is 0.166. The highest BCUT2D eigenvalue weighted by molar-refractivity contribution is 6.12. The van der Waals surface area contributed by atoms with Crippen LogP contribution in [0.2, 0.25) is 0 Å². The largest absolute Gasteiger partial charge is 0.455 e. The van der Waals surface area contributed by atoms with E-state index in [1.54, 1.807) is 0 Å². The number of fused-ring (bicyclic) bond motifs is 16. The van der Waals surface area contributed by atoms with Gasteiger partial charge in [0.15, 0.2) is 0 Å². The lowest BCUT2D eigenvalue weighted by Gasteiger charge is -2.32. The maximum Gasteiger partial charge on any atom is 0.143 e. The molecule has 0 bridgehead atoms. The van der Waals surface area contributed by atoms with E-state index in [0.29, 0.717) is 0 Å². The van der Waals surface area contributed by atoms with Gasteiger partial charge in [0.25, 0.3) is 0 Å². The average molecular weight is 891 g/mol. The zero-order valence-electron chi connectivity index (χ0n) is 38.1. The Morgan fingerprint density at radius 2 is 0.886 bits per heavy atom. The normalized spacial score (nSPS) is 13.0. The van der Waals surface area contributed by atoms with Crippen LogP contribution < -0.4 is 4.90 Å². The third kappa shape index (κ3) is 5.34. The number of rotatable bonds is 6. The van der Waals surface area contributed by atoms with Gasteiger partial charge in [-0.3, -0.25) is 0 Å². The van der Waals surface area contributed by atoms with Crippen molar-refractivity contribution in [2.75, 3.05) is 4.90 Å². The predicted molar refractivity (Wildman–Crippen MR) is 290 cm³/mol. The molecule has 11 aromatic carbocycles. The minimum Gasteiger partial charge on any atom is -0.455 e. The molecule has 0 saturated heterocycles. The Kier molecular flexibility index (Phi) is 8.28. The predicted octanol–water partition coefficient (Wildman–Crippen LogP) is 17.8. The highest BCUT2D eigenvalue weighted by atomic mass is 16.3. The highest BCUT2D eigenvalue weighted by Crippen LogP contribution is 2.65. The SMILES string of the molecule is c1ccc(-n2c3ccccc3c3cc(-c4ccc(N(c5ccccc5-c5cccc6c5oc5ccccc56)c5cccc6c5-c5ccccc5C65c6ccccc6-c6ccccc65)cc4)ccc32)cc1. The molecule has 0 atom stereocenters. The summed E-state index contributed by atoms with van der Waals surface area (Å²) in [4.78, 5) is 2.50. The van der Waals surface area contributed by atoms with Gasteiger partial charge in [0.05, 0.1) is 27.8 Å². The average Bonchev–Trinajstić information content (AvgIpc) is 4.17. The van der Waals surface area contributed by atoms with Crippen LogP contribution in [0.1, 0.15) is 22.3 Å². The summed E-state index contributed by atoms with van der Waals surface area (Å²) >= 11 is 0. The van der Waals surface area contributed by atoms with Crippen molar-refractivity contribution in [1.82, 2.24) is 4.57 Å². The summed E-state index contributed by atoms with van der Waals surface area (Å²) in [6.45, 7) is 0. The molecule has 1 spiro atoms. The molecule has 2 aliphatic carbocycles. The second kappa shape index (κ2) is 14.9. The Balaban J connectivity index is 0.959. The van der Waals surface area contributed by atoms with Crippen LogP contribution >= 0.6 is 0 Å². The van der Waals surface area contributed by atoms with Crippen molar-refractivity contribution in [2.45, 2.75) is 5.41 Å². The third-order valence-corrected chi connectivity index (χ3v) is 15.2. The molecule has 70 heavy (non-hydrogen) atoms. The number of nitrogens with zero attached hydrogens (tertiary/aromatic N) is 2. The molecule has 0 saturated carbocycles. The van der Waals surface area contributed by atoms with Gasteiger partial charge in [-0.1, -0.05) is 194 Å². The number of hydrogen-bond donors (Lipinski definition) is 0. The van der Waals surface area contributed by atoms with Gasteiger partial charge in [0, 0.05) is 49.6 Å². The van der Waals surface area contributed by atoms with Crippen LogP contribution in [0.4, 0.5) is 17.1 Å². The van der Waals surface area contributed by atoms with Crippen molar-refractivity contribution in [1.29, 1.82) is 0 Å². The van der Waals surface area contributed by atoms with Gasteiger partial charge in [-0.15, -0.1) is 0 Å². The van der Waals surface area contributed by atoms with Crippen LogP contribution in [-0.2, 0) is 5.41 Å². The first-order chi connectivity index (χ1) is 34.8. The van der Waals surface area contributed by atoms with E-state index in [9.17, 15) is 0 Å². The van der Waals surface area contributed by atoms with E-state index in [0.717, 1.165) is 61.4 Å². The van der Waals surface area contributed by atoms with Crippen molar-refractivity contribution < 1.29 is 4.42 Å². The van der Waals surface area contributed by atoms with Gasteiger partial charge in [0.1, 0.15) is 11.2 Å². The number of aromatic nitrogens is 1. The summed E-state index contributed by atoms with van der Waals surface area (Å²) in [5, 5.41) is 4.70. The lowest BCUT2D eigenvalue weighted by atomic mass is 9.70. The van der Waals surface area contributed by atoms with E-state index in [-0.39, 0.29) is 0 Å². The molecule has 2 aromatic heterocycles. The molecule has 2 aliphatic rings. The molecule has 0 aliphatic heterocycles. The number of anilines is 3. The van der Waals surface area contributed by atoms with Crippen molar-refractivity contribution in [3.8, 4) is 50.2 Å². The summed E-state index contributed by atoms with van der Waals surface area (Å²) in [6.07, 6.45) is 0. The second-order valence-corrected chi connectivity index (χ2v) is 18.7. The summed E-state index contributed by atoms with van der Waals surface area (Å²) < 4.78 is 9.14. The number of hydrogen-bond acceptors (Lipinski definition) is 2.